The lowest BCUT2D eigenvalue weighted by Crippen LogP contribution is -2.57. The second-order valence-corrected chi connectivity index (χ2v) is 12.2. The van der Waals surface area contributed by atoms with Gasteiger partial charge in [0.1, 0.15) is 17.1 Å². The van der Waals surface area contributed by atoms with E-state index in [9.17, 15) is 13.5 Å². The molecule has 0 amide bonds. The number of methoxy groups -OCH3 is 2. The molecule has 2 atom stereocenters. The van der Waals surface area contributed by atoms with Gasteiger partial charge in [-0.15, -0.1) is 0 Å². The molecule has 2 aromatic carbocycles. The Balaban J connectivity index is 1.42. The summed E-state index contributed by atoms with van der Waals surface area (Å²) in [4.78, 5) is 6.71. The van der Waals surface area contributed by atoms with Crippen molar-refractivity contribution in [3.8, 4) is 11.5 Å². The number of hydrogen-bond acceptors (Lipinski definition) is 7. The van der Waals surface area contributed by atoms with E-state index < -0.39 is 15.6 Å². The maximum absolute atomic E-state index is 14.1. The Hall–Kier alpha value is -3.14. The van der Waals surface area contributed by atoms with Crippen LogP contribution >= 0.6 is 0 Å². The van der Waals surface area contributed by atoms with Crippen molar-refractivity contribution in [3.63, 3.8) is 0 Å². The number of pyridine rings is 1. The summed E-state index contributed by atoms with van der Waals surface area (Å²) in [7, 11) is -0.730. The normalized spacial score (nSPS) is 22.8. The first-order valence-electron chi connectivity index (χ1n) is 13.6. The van der Waals surface area contributed by atoms with Crippen LogP contribution in [-0.2, 0) is 15.6 Å². The first-order chi connectivity index (χ1) is 18.9. The van der Waals surface area contributed by atoms with E-state index in [1.807, 2.05) is 30.3 Å². The molecule has 1 saturated carbocycles. The molecular formula is C30H37N3O5S. The molecule has 2 heterocycles. The van der Waals surface area contributed by atoms with Crippen molar-refractivity contribution in [2.24, 2.45) is 0 Å². The van der Waals surface area contributed by atoms with E-state index >= 15 is 0 Å². The van der Waals surface area contributed by atoms with Gasteiger partial charge in [-0.05, 0) is 79.8 Å². The number of aromatic nitrogens is 1. The first-order valence-corrected chi connectivity index (χ1v) is 15.0. The fourth-order valence-corrected chi connectivity index (χ4v) is 7.89. The zero-order chi connectivity index (χ0) is 27.5. The molecular weight excluding hydrogens is 514 g/mol. The Labute approximate surface area is 231 Å². The largest absolute Gasteiger partial charge is 0.497 e. The van der Waals surface area contributed by atoms with Gasteiger partial charge in [-0.25, -0.2) is 8.42 Å². The van der Waals surface area contributed by atoms with Crippen molar-refractivity contribution in [2.75, 3.05) is 31.6 Å². The zero-order valence-electron chi connectivity index (χ0n) is 22.6. The molecule has 1 N–H and O–H groups in total. The second kappa shape index (κ2) is 11.5. The van der Waals surface area contributed by atoms with Gasteiger partial charge in [0.05, 0.1) is 24.8 Å². The average Bonchev–Trinajstić information content (AvgIpc) is 2.98. The SMILES string of the molecule is COc1ccc(S(=O)(=O)N(c2cccc(OC)c2)C2CCN(C3CCCCC3(O)c3ccncc3)CC2)cc1. The van der Waals surface area contributed by atoms with Crippen LogP contribution in [0, 0.1) is 0 Å². The van der Waals surface area contributed by atoms with Crippen molar-refractivity contribution in [1.29, 1.82) is 0 Å². The highest BCUT2D eigenvalue weighted by Gasteiger charge is 2.45. The lowest BCUT2D eigenvalue weighted by atomic mass is 9.74. The standard InChI is InChI=1S/C30H37N3O5S/c1-37-26-9-11-28(12-10-26)39(35,36)33(25-6-5-7-27(22-25)38-2)24-15-20-32(21-16-24)29-8-3-4-17-30(29,34)23-13-18-31-19-14-23/h5-7,9-14,18-19,22,24,29,34H,3-4,8,15-17,20-21H2,1-2H3. The van der Waals surface area contributed by atoms with Gasteiger partial charge >= 0.3 is 0 Å². The molecule has 1 saturated heterocycles. The minimum Gasteiger partial charge on any atom is -0.497 e. The van der Waals surface area contributed by atoms with Gasteiger partial charge in [-0.1, -0.05) is 18.9 Å². The summed E-state index contributed by atoms with van der Waals surface area (Å²) >= 11 is 0. The summed E-state index contributed by atoms with van der Waals surface area (Å²) in [6.07, 6.45) is 8.44. The predicted octanol–water partition coefficient (Wildman–Crippen LogP) is 4.59. The summed E-state index contributed by atoms with van der Waals surface area (Å²) in [5.41, 5.74) is 0.550. The monoisotopic (exact) mass is 551 g/mol. The first kappa shape index (κ1) is 27.4. The molecule has 39 heavy (non-hydrogen) atoms. The Bertz CT molecular complexity index is 1340. The van der Waals surface area contributed by atoms with Crippen LogP contribution in [0.2, 0.25) is 0 Å². The summed E-state index contributed by atoms with van der Waals surface area (Å²) < 4.78 is 40.4. The number of sulfonamides is 1. The number of hydrogen-bond donors (Lipinski definition) is 1. The minimum atomic E-state index is -3.86. The number of nitrogens with zero attached hydrogens (tertiary/aromatic N) is 3. The fraction of sp³-hybridized carbons (Fsp3) is 0.433. The van der Waals surface area contributed by atoms with Crippen LogP contribution in [0.3, 0.4) is 0 Å². The quantitative estimate of drug-likeness (QED) is 0.438. The van der Waals surface area contributed by atoms with Crippen LogP contribution in [0.15, 0.2) is 78.0 Å². The van der Waals surface area contributed by atoms with E-state index in [2.05, 4.69) is 9.88 Å². The predicted molar refractivity (Wildman–Crippen MR) is 151 cm³/mol. The third-order valence-electron chi connectivity index (χ3n) is 8.21. The highest BCUT2D eigenvalue weighted by atomic mass is 32.2. The van der Waals surface area contributed by atoms with Crippen LogP contribution < -0.4 is 13.8 Å². The molecule has 0 bridgehead atoms. The Kier molecular flexibility index (Phi) is 8.11. The van der Waals surface area contributed by atoms with Crippen molar-refractivity contribution < 1.29 is 23.0 Å². The molecule has 208 valence electrons. The smallest absolute Gasteiger partial charge is 0.264 e. The number of piperidine rings is 1. The van der Waals surface area contributed by atoms with E-state index in [4.69, 9.17) is 9.47 Å². The Morgan fingerprint density at radius 3 is 2.28 bits per heavy atom. The molecule has 1 aromatic heterocycles. The number of ether oxygens (including phenoxy) is 2. The highest BCUT2D eigenvalue weighted by Crippen LogP contribution is 2.42. The zero-order valence-corrected chi connectivity index (χ0v) is 23.4. The summed E-state index contributed by atoms with van der Waals surface area (Å²) in [6.45, 7) is 1.39. The molecule has 2 fully saturated rings. The molecule has 0 radical (unpaired) electrons. The van der Waals surface area contributed by atoms with E-state index in [0.717, 1.165) is 24.8 Å². The summed E-state index contributed by atoms with van der Waals surface area (Å²) in [5, 5.41) is 11.9. The molecule has 2 unspecified atom stereocenters. The van der Waals surface area contributed by atoms with Crippen LogP contribution in [-0.4, -0.2) is 62.8 Å². The molecule has 1 aliphatic carbocycles. The van der Waals surface area contributed by atoms with Crippen molar-refractivity contribution >= 4 is 15.7 Å². The van der Waals surface area contributed by atoms with E-state index in [-0.39, 0.29) is 17.0 Å². The molecule has 5 rings (SSSR count). The van der Waals surface area contributed by atoms with E-state index in [1.54, 1.807) is 61.3 Å². The van der Waals surface area contributed by atoms with Gasteiger partial charge in [0, 0.05) is 43.6 Å². The number of anilines is 1. The second-order valence-electron chi connectivity index (χ2n) is 10.4. The highest BCUT2D eigenvalue weighted by molar-refractivity contribution is 7.92. The maximum atomic E-state index is 14.1. The van der Waals surface area contributed by atoms with Crippen molar-refractivity contribution in [1.82, 2.24) is 9.88 Å². The summed E-state index contributed by atoms with van der Waals surface area (Å²) in [6, 6.07) is 17.3. The van der Waals surface area contributed by atoms with Crippen LogP contribution in [0.5, 0.6) is 11.5 Å². The van der Waals surface area contributed by atoms with Gasteiger partial charge in [-0.3, -0.25) is 14.2 Å². The van der Waals surface area contributed by atoms with Gasteiger partial charge in [0.2, 0.25) is 0 Å². The number of benzene rings is 2. The fourth-order valence-electron chi connectivity index (χ4n) is 6.19. The average molecular weight is 552 g/mol. The molecule has 2 aliphatic rings. The lowest BCUT2D eigenvalue weighted by Gasteiger charge is -2.49. The van der Waals surface area contributed by atoms with Gasteiger partial charge in [-0.2, -0.15) is 0 Å². The van der Waals surface area contributed by atoms with E-state index in [1.165, 1.54) is 0 Å². The lowest BCUT2D eigenvalue weighted by molar-refractivity contribution is -0.0849. The maximum Gasteiger partial charge on any atom is 0.264 e. The molecule has 1 aliphatic heterocycles. The summed E-state index contributed by atoms with van der Waals surface area (Å²) in [5.74, 6) is 1.20. The van der Waals surface area contributed by atoms with Crippen molar-refractivity contribution in [2.45, 2.75) is 61.1 Å². The molecule has 9 heteroatoms. The minimum absolute atomic E-state index is 0.0157. The molecule has 3 aromatic rings. The molecule has 0 spiro atoms. The Morgan fingerprint density at radius 2 is 1.62 bits per heavy atom. The van der Waals surface area contributed by atoms with Crippen molar-refractivity contribution in [3.05, 3.63) is 78.6 Å². The van der Waals surface area contributed by atoms with Crippen LogP contribution in [0.25, 0.3) is 0 Å². The van der Waals surface area contributed by atoms with Gasteiger partial charge < -0.3 is 14.6 Å². The topological polar surface area (TPSA) is 92.2 Å². The molecule has 8 nitrogen and oxygen atoms in total. The number of aliphatic hydroxyl groups is 1. The van der Waals surface area contributed by atoms with Gasteiger partial charge in [0.15, 0.2) is 0 Å². The number of likely N-dealkylation sites (tertiary alicyclic amines) is 1. The third kappa shape index (κ3) is 5.48. The van der Waals surface area contributed by atoms with Gasteiger partial charge in [0.25, 0.3) is 10.0 Å². The number of rotatable bonds is 8. The Morgan fingerprint density at radius 1 is 0.923 bits per heavy atom. The van der Waals surface area contributed by atoms with Crippen LogP contribution in [0.1, 0.15) is 44.1 Å². The van der Waals surface area contributed by atoms with Crippen LogP contribution in [0.4, 0.5) is 5.69 Å². The third-order valence-corrected chi connectivity index (χ3v) is 10.1. The van der Waals surface area contributed by atoms with E-state index in [0.29, 0.717) is 49.5 Å².